The van der Waals surface area contributed by atoms with E-state index in [1.54, 1.807) is 18.4 Å². The summed E-state index contributed by atoms with van der Waals surface area (Å²) in [6.07, 6.45) is 4.11. The number of aliphatic imine (C=N–C) groups is 1. The zero-order valence-electron chi connectivity index (χ0n) is 16.9. The molecule has 2 heterocycles. The van der Waals surface area contributed by atoms with Crippen LogP contribution in [0.15, 0.2) is 23.3 Å². The van der Waals surface area contributed by atoms with Crippen molar-refractivity contribution in [1.29, 1.82) is 0 Å². The minimum atomic E-state index is 0. The number of benzene rings is 1. The molecule has 0 fully saturated rings. The Labute approximate surface area is 188 Å². The average molecular weight is 516 g/mol. The molecule has 8 heteroatoms. The molecule has 0 saturated carbocycles. The molecule has 1 unspecified atom stereocenters. The second kappa shape index (κ2) is 10.8. The van der Waals surface area contributed by atoms with Crippen LogP contribution in [-0.2, 0) is 25.9 Å². The second-order valence-corrected chi connectivity index (χ2v) is 7.69. The van der Waals surface area contributed by atoms with Gasteiger partial charge in [0.05, 0.1) is 13.2 Å². The van der Waals surface area contributed by atoms with E-state index >= 15 is 0 Å². The zero-order chi connectivity index (χ0) is 19.2. The number of aryl methyl sites for hydroxylation is 1. The number of ether oxygens (including phenoxy) is 2. The van der Waals surface area contributed by atoms with E-state index in [-0.39, 0.29) is 30.1 Å². The van der Waals surface area contributed by atoms with E-state index < -0.39 is 0 Å². The fourth-order valence-corrected chi connectivity index (χ4v) is 3.86. The molecule has 1 aromatic heterocycles. The maximum Gasteiger partial charge on any atom is 0.191 e. The Hall–Kier alpha value is -1.55. The summed E-state index contributed by atoms with van der Waals surface area (Å²) < 4.78 is 11.7. The van der Waals surface area contributed by atoms with Crippen molar-refractivity contribution >= 4 is 41.3 Å². The van der Waals surface area contributed by atoms with Crippen molar-refractivity contribution in [2.45, 2.75) is 52.8 Å². The summed E-state index contributed by atoms with van der Waals surface area (Å²) in [6.45, 7) is 8.14. The molecule has 3 rings (SSSR count). The number of halogens is 1. The summed E-state index contributed by atoms with van der Waals surface area (Å²) in [5, 5.41) is 7.74. The topological polar surface area (TPSA) is 67.8 Å². The van der Waals surface area contributed by atoms with E-state index in [9.17, 15) is 0 Å². The van der Waals surface area contributed by atoms with Gasteiger partial charge in [-0.15, -0.1) is 35.3 Å². The highest BCUT2D eigenvalue weighted by molar-refractivity contribution is 14.0. The van der Waals surface area contributed by atoms with Gasteiger partial charge in [0.2, 0.25) is 0 Å². The molecular weight excluding hydrogens is 487 g/mol. The first-order chi connectivity index (χ1) is 13.1. The van der Waals surface area contributed by atoms with E-state index in [2.05, 4.69) is 46.6 Å². The van der Waals surface area contributed by atoms with Gasteiger partial charge in [-0.3, -0.25) is 4.99 Å². The van der Waals surface area contributed by atoms with Gasteiger partial charge in [0.15, 0.2) is 5.96 Å². The lowest BCUT2D eigenvalue weighted by atomic mass is 10.1. The third-order valence-corrected chi connectivity index (χ3v) is 5.55. The molecule has 154 valence electrons. The first kappa shape index (κ1) is 22.7. The lowest BCUT2D eigenvalue weighted by Crippen LogP contribution is -2.36. The van der Waals surface area contributed by atoms with Crippen molar-refractivity contribution in [3.63, 3.8) is 0 Å². The second-order valence-electron chi connectivity index (χ2n) is 6.49. The van der Waals surface area contributed by atoms with Gasteiger partial charge in [0, 0.05) is 42.2 Å². The first-order valence-electron chi connectivity index (χ1n) is 9.46. The van der Waals surface area contributed by atoms with Gasteiger partial charge >= 0.3 is 0 Å². The molecule has 0 aliphatic carbocycles. The molecule has 1 aromatic carbocycles. The van der Waals surface area contributed by atoms with E-state index in [0.717, 1.165) is 40.9 Å². The molecule has 2 aromatic rings. The lowest BCUT2D eigenvalue weighted by molar-refractivity contribution is 0.254. The molecule has 6 nitrogen and oxygen atoms in total. The summed E-state index contributed by atoms with van der Waals surface area (Å²) in [5.74, 6) is 2.60. The molecule has 1 aliphatic heterocycles. The van der Waals surface area contributed by atoms with Crippen LogP contribution < -0.4 is 20.1 Å². The average Bonchev–Trinajstić information content (AvgIpc) is 3.27. The molecule has 0 saturated heterocycles. The standard InChI is InChI=1S/C20H28N4O2S.HI/c1-5-16-11-22-19(27-16)12-24-20(21-4)23-10-15-9-18-14(7-13(3)26-18)8-17(15)25-6-2;/h8-9,11,13H,5-7,10,12H2,1-4H3,(H2,21,23,24);1H. The van der Waals surface area contributed by atoms with Crippen LogP contribution in [0.2, 0.25) is 0 Å². The minimum absolute atomic E-state index is 0. The summed E-state index contributed by atoms with van der Waals surface area (Å²) >= 11 is 1.73. The molecule has 0 spiro atoms. The Morgan fingerprint density at radius 2 is 2.11 bits per heavy atom. The van der Waals surface area contributed by atoms with Crippen LogP contribution in [0.4, 0.5) is 0 Å². The van der Waals surface area contributed by atoms with Crippen LogP contribution in [0.3, 0.4) is 0 Å². The van der Waals surface area contributed by atoms with Gasteiger partial charge in [-0.05, 0) is 32.4 Å². The van der Waals surface area contributed by atoms with E-state index in [1.165, 1.54) is 10.4 Å². The lowest BCUT2D eigenvalue weighted by Gasteiger charge is -2.15. The summed E-state index contributed by atoms with van der Waals surface area (Å²) in [5.41, 5.74) is 2.28. The maximum atomic E-state index is 5.90. The van der Waals surface area contributed by atoms with Crippen LogP contribution in [-0.4, -0.2) is 30.7 Å². The summed E-state index contributed by atoms with van der Waals surface area (Å²) in [4.78, 5) is 10.0. The van der Waals surface area contributed by atoms with Crippen LogP contribution in [0.1, 0.15) is 41.8 Å². The van der Waals surface area contributed by atoms with Crippen LogP contribution in [0.5, 0.6) is 11.5 Å². The molecule has 0 radical (unpaired) electrons. The van der Waals surface area contributed by atoms with Gasteiger partial charge in [0.25, 0.3) is 0 Å². The predicted octanol–water partition coefficient (Wildman–Crippen LogP) is 3.91. The minimum Gasteiger partial charge on any atom is -0.494 e. The monoisotopic (exact) mass is 516 g/mol. The van der Waals surface area contributed by atoms with Gasteiger partial charge in [-0.25, -0.2) is 4.98 Å². The summed E-state index contributed by atoms with van der Waals surface area (Å²) in [7, 11) is 1.77. The molecule has 0 amide bonds. The van der Waals surface area contributed by atoms with E-state index in [0.29, 0.717) is 19.7 Å². The van der Waals surface area contributed by atoms with E-state index in [4.69, 9.17) is 9.47 Å². The Morgan fingerprint density at radius 1 is 1.32 bits per heavy atom. The van der Waals surface area contributed by atoms with Crippen LogP contribution >= 0.6 is 35.3 Å². The fraction of sp³-hybridized carbons (Fsp3) is 0.500. The van der Waals surface area contributed by atoms with Crippen LogP contribution in [0.25, 0.3) is 0 Å². The fourth-order valence-electron chi connectivity index (χ4n) is 3.06. The van der Waals surface area contributed by atoms with Crippen molar-refractivity contribution in [1.82, 2.24) is 15.6 Å². The van der Waals surface area contributed by atoms with Crippen molar-refractivity contribution in [2.75, 3.05) is 13.7 Å². The number of guanidine groups is 1. The highest BCUT2D eigenvalue weighted by Crippen LogP contribution is 2.35. The third-order valence-electron chi connectivity index (χ3n) is 4.41. The number of rotatable bonds is 7. The zero-order valence-corrected chi connectivity index (χ0v) is 20.0. The van der Waals surface area contributed by atoms with E-state index in [1.807, 2.05) is 13.1 Å². The molecule has 0 bridgehead atoms. The normalized spacial score (nSPS) is 15.4. The Bertz CT molecular complexity index is 809. The maximum absolute atomic E-state index is 5.90. The largest absolute Gasteiger partial charge is 0.494 e. The number of hydrogen-bond acceptors (Lipinski definition) is 5. The number of hydrogen-bond donors (Lipinski definition) is 2. The van der Waals surface area contributed by atoms with Gasteiger partial charge in [-0.2, -0.15) is 0 Å². The Balaban J connectivity index is 0.00000280. The SMILES string of the molecule is CCOc1cc2c(cc1CNC(=NC)NCc1ncc(CC)s1)OC(C)C2.I. The Morgan fingerprint density at radius 3 is 2.79 bits per heavy atom. The first-order valence-corrected chi connectivity index (χ1v) is 10.3. The van der Waals surface area contributed by atoms with Crippen molar-refractivity contribution in [2.24, 2.45) is 4.99 Å². The molecule has 28 heavy (non-hydrogen) atoms. The smallest absolute Gasteiger partial charge is 0.191 e. The van der Waals surface area contributed by atoms with Crippen molar-refractivity contribution in [3.8, 4) is 11.5 Å². The quantitative estimate of drug-likeness (QED) is 0.332. The number of aromatic nitrogens is 1. The number of thiazole rings is 1. The van der Waals surface area contributed by atoms with Gasteiger partial charge < -0.3 is 20.1 Å². The summed E-state index contributed by atoms with van der Waals surface area (Å²) in [6, 6.07) is 4.19. The molecular formula is C20H29IN4O2S. The highest BCUT2D eigenvalue weighted by Gasteiger charge is 2.21. The number of nitrogens with one attached hydrogen (secondary N) is 2. The molecule has 1 aliphatic rings. The van der Waals surface area contributed by atoms with Gasteiger partial charge in [-0.1, -0.05) is 6.92 Å². The molecule has 1 atom stereocenters. The van der Waals surface area contributed by atoms with Crippen LogP contribution in [0, 0.1) is 0 Å². The van der Waals surface area contributed by atoms with Crippen molar-refractivity contribution in [3.05, 3.63) is 39.3 Å². The highest BCUT2D eigenvalue weighted by atomic mass is 127. The molecule has 2 N–H and O–H groups in total. The third kappa shape index (κ3) is 5.73. The number of fused-ring (bicyclic) bond motifs is 1. The predicted molar refractivity (Wildman–Crippen MR) is 125 cm³/mol. The van der Waals surface area contributed by atoms with Gasteiger partial charge in [0.1, 0.15) is 22.6 Å². The number of nitrogens with zero attached hydrogens (tertiary/aromatic N) is 2. The van der Waals surface area contributed by atoms with Crippen molar-refractivity contribution < 1.29 is 9.47 Å². The Kier molecular flexibility index (Phi) is 8.81.